The molecular formula is C14H12F2O2. The van der Waals surface area contributed by atoms with Gasteiger partial charge in [-0.2, -0.15) is 0 Å². The average molecular weight is 250 g/mol. The number of hydrogen-bond acceptors (Lipinski definition) is 2. The van der Waals surface area contributed by atoms with Crippen LogP contribution in [0.4, 0.5) is 8.78 Å². The summed E-state index contributed by atoms with van der Waals surface area (Å²) >= 11 is 0. The van der Waals surface area contributed by atoms with Crippen LogP contribution >= 0.6 is 0 Å². The Labute approximate surface area is 104 Å². The van der Waals surface area contributed by atoms with Crippen molar-refractivity contribution in [1.82, 2.24) is 0 Å². The molecule has 0 bridgehead atoms. The van der Waals surface area contributed by atoms with Gasteiger partial charge in [0.25, 0.3) is 0 Å². The Bertz CT molecular complexity index is 500. The second kappa shape index (κ2) is 6.00. The van der Waals surface area contributed by atoms with Gasteiger partial charge in [0, 0.05) is 6.07 Å². The highest BCUT2D eigenvalue weighted by atomic mass is 19.1. The van der Waals surface area contributed by atoms with Gasteiger partial charge in [-0.25, -0.2) is 8.78 Å². The first kappa shape index (κ1) is 12.4. The summed E-state index contributed by atoms with van der Waals surface area (Å²) in [5.74, 6) is -0.594. The Morgan fingerprint density at radius 2 is 1.56 bits per heavy atom. The average Bonchev–Trinajstić information content (AvgIpc) is 2.38. The lowest BCUT2D eigenvalue weighted by atomic mass is 10.3. The van der Waals surface area contributed by atoms with Crippen LogP contribution in [0.25, 0.3) is 0 Å². The van der Waals surface area contributed by atoms with Gasteiger partial charge in [0.2, 0.25) is 0 Å². The third kappa shape index (κ3) is 3.45. The lowest BCUT2D eigenvalue weighted by molar-refractivity contribution is 0.211. The van der Waals surface area contributed by atoms with Crippen molar-refractivity contribution in [2.24, 2.45) is 0 Å². The van der Waals surface area contributed by atoms with Crippen molar-refractivity contribution in [3.05, 3.63) is 60.2 Å². The summed E-state index contributed by atoms with van der Waals surface area (Å²) in [7, 11) is 0. The summed E-state index contributed by atoms with van der Waals surface area (Å²) in [6, 6.07) is 12.4. The largest absolute Gasteiger partial charge is 0.490 e. The zero-order valence-corrected chi connectivity index (χ0v) is 9.61. The van der Waals surface area contributed by atoms with E-state index in [1.807, 2.05) is 30.3 Å². The van der Waals surface area contributed by atoms with E-state index < -0.39 is 11.6 Å². The lowest BCUT2D eigenvalue weighted by Crippen LogP contribution is -2.09. The van der Waals surface area contributed by atoms with E-state index >= 15 is 0 Å². The molecule has 2 rings (SSSR count). The zero-order chi connectivity index (χ0) is 12.8. The molecular weight excluding hydrogens is 238 g/mol. The second-order valence-electron chi connectivity index (χ2n) is 3.58. The number of hydrogen-bond donors (Lipinski definition) is 0. The first-order chi connectivity index (χ1) is 8.75. The van der Waals surface area contributed by atoms with E-state index in [9.17, 15) is 8.78 Å². The van der Waals surface area contributed by atoms with Gasteiger partial charge in [0.05, 0.1) is 0 Å². The quantitative estimate of drug-likeness (QED) is 0.757. The minimum Gasteiger partial charge on any atom is -0.490 e. The molecule has 0 aliphatic carbocycles. The molecule has 0 heterocycles. The molecule has 0 N–H and O–H groups in total. The van der Waals surface area contributed by atoms with Gasteiger partial charge in [-0.1, -0.05) is 18.2 Å². The van der Waals surface area contributed by atoms with Crippen LogP contribution in [0.2, 0.25) is 0 Å². The van der Waals surface area contributed by atoms with E-state index in [1.165, 1.54) is 6.07 Å². The predicted molar refractivity (Wildman–Crippen MR) is 63.8 cm³/mol. The number of benzene rings is 2. The molecule has 2 aromatic carbocycles. The summed E-state index contributed by atoms with van der Waals surface area (Å²) in [5, 5.41) is 0. The standard InChI is InChI=1S/C14H12F2O2/c15-11-6-7-14(13(16)10-11)18-9-8-17-12-4-2-1-3-5-12/h1-7,10H,8-9H2. The Morgan fingerprint density at radius 3 is 2.28 bits per heavy atom. The summed E-state index contributed by atoms with van der Waals surface area (Å²) < 4.78 is 36.3. The molecule has 0 unspecified atom stereocenters. The molecule has 2 aromatic rings. The third-order valence-corrected chi connectivity index (χ3v) is 2.25. The van der Waals surface area contributed by atoms with E-state index in [2.05, 4.69) is 0 Å². The summed E-state index contributed by atoms with van der Waals surface area (Å²) in [4.78, 5) is 0. The Kier molecular flexibility index (Phi) is 4.12. The molecule has 0 aliphatic heterocycles. The zero-order valence-electron chi connectivity index (χ0n) is 9.61. The summed E-state index contributed by atoms with van der Waals surface area (Å²) in [5.41, 5.74) is 0. The van der Waals surface area contributed by atoms with E-state index in [0.717, 1.165) is 17.9 Å². The summed E-state index contributed by atoms with van der Waals surface area (Å²) in [6.45, 7) is 0.484. The highest BCUT2D eigenvalue weighted by Gasteiger charge is 2.04. The van der Waals surface area contributed by atoms with Crippen molar-refractivity contribution in [3.63, 3.8) is 0 Å². The van der Waals surface area contributed by atoms with Gasteiger partial charge >= 0.3 is 0 Å². The fraction of sp³-hybridized carbons (Fsp3) is 0.143. The molecule has 2 nitrogen and oxygen atoms in total. The first-order valence-electron chi connectivity index (χ1n) is 5.51. The highest BCUT2D eigenvalue weighted by Crippen LogP contribution is 2.17. The van der Waals surface area contributed by atoms with E-state index in [0.29, 0.717) is 6.61 Å². The Morgan fingerprint density at radius 1 is 0.833 bits per heavy atom. The number of halogens is 2. The maximum absolute atomic E-state index is 13.2. The fourth-order valence-electron chi connectivity index (χ4n) is 1.42. The van der Waals surface area contributed by atoms with E-state index in [1.54, 1.807) is 0 Å². The van der Waals surface area contributed by atoms with Gasteiger partial charge in [0.1, 0.15) is 24.8 Å². The maximum Gasteiger partial charge on any atom is 0.167 e. The van der Waals surface area contributed by atoms with Gasteiger partial charge in [-0.15, -0.1) is 0 Å². The smallest absolute Gasteiger partial charge is 0.167 e. The van der Waals surface area contributed by atoms with Gasteiger partial charge in [0.15, 0.2) is 11.6 Å². The Balaban J connectivity index is 1.79. The Hall–Kier alpha value is -2.10. The molecule has 0 saturated carbocycles. The van der Waals surface area contributed by atoms with Crippen LogP contribution in [0.3, 0.4) is 0 Å². The van der Waals surface area contributed by atoms with Crippen molar-refractivity contribution in [2.75, 3.05) is 13.2 Å². The van der Waals surface area contributed by atoms with E-state index in [4.69, 9.17) is 9.47 Å². The molecule has 0 saturated heterocycles. The van der Waals surface area contributed by atoms with Crippen LogP contribution in [-0.4, -0.2) is 13.2 Å². The minimum atomic E-state index is -0.713. The van der Waals surface area contributed by atoms with Gasteiger partial charge in [-0.05, 0) is 24.3 Å². The molecule has 94 valence electrons. The number of rotatable bonds is 5. The molecule has 0 radical (unpaired) electrons. The normalized spacial score (nSPS) is 10.1. The lowest BCUT2D eigenvalue weighted by Gasteiger charge is -2.08. The van der Waals surface area contributed by atoms with Crippen molar-refractivity contribution in [2.45, 2.75) is 0 Å². The SMILES string of the molecule is Fc1ccc(OCCOc2ccccc2)c(F)c1. The molecule has 0 atom stereocenters. The molecule has 4 heteroatoms. The highest BCUT2D eigenvalue weighted by molar-refractivity contribution is 5.24. The molecule has 0 aliphatic rings. The van der Waals surface area contributed by atoms with E-state index in [-0.39, 0.29) is 12.4 Å². The van der Waals surface area contributed by atoms with Crippen molar-refractivity contribution < 1.29 is 18.3 Å². The summed E-state index contributed by atoms with van der Waals surface area (Å²) in [6.07, 6.45) is 0. The monoisotopic (exact) mass is 250 g/mol. The van der Waals surface area contributed by atoms with Crippen LogP contribution in [0.1, 0.15) is 0 Å². The predicted octanol–water partition coefficient (Wildman–Crippen LogP) is 3.42. The number of para-hydroxylation sites is 1. The van der Waals surface area contributed by atoms with Crippen molar-refractivity contribution in [3.8, 4) is 11.5 Å². The molecule has 0 spiro atoms. The number of ether oxygens (including phenoxy) is 2. The molecule has 18 heavy (non-hydrogen) atoms. The van der Waals surface area contributed by atoms with Crippen molar-refractivity contribution in [1.29, 1.82) is 0 Å². The van der Waals surface area contributed by atoms with Crippen LogP contribution < -0.4 is 9.47 Å². The van der Waals surface area contributed by atoms with Crippen LogP contribution in [0, 0.1) is 11.6 Å². The molecule has 0 amide bonds. The van der Waals surface area contributed by atoms with Crippen LogP contribution in [-0.2, 0) is 0 Å². The first-order valence-corrected chi connectivity index (χ1v) is 5.51. The van der Waals surface area contributed by atoms with Crippen LogP contribution in [0.15, 0.2) is 48.5 Å². The van der Waals surface area contributed by atoms with Gasteiger partial charge in [-0.3, -0.25) is 0 Å². The molecule has 0 aromatic heterocycles. The third-order valence-electron chi connectivity index (χ3n) is 2.25. The van der Waals surface area contributed by atoms with Crippen molar-refractivity contribution >= 4 is 0 Å². The maximum atomic E-state index is 13.2. The molecule has 0 fully saturated rings. The second-order valence-corrected chi connectivity index (χ2v) is 3.58. The van der Waals surface area contributed by atoms with Crippen LogP contribution in [0.5, 0.6) is 11.5 Å². The minimum absolute atomic E-state index is 0.0214. The fourth-order valence-corrected chi connectivity index (χ4v) is 1.42. The van der Waals surface area contributed by atoms with Gasteiger partial charge < -0.3 is 9.47 Å². The topological polar surface area (TPSA) is 18.5 Å².